The summed E-state index contributed by atoms with van der Waals surface area (Å²) < 4.78 is 1.46. The summed E-state index contributed by atoms with van der Waals surface area (Å²) in [5, 5.41) is 2.88. The lowest BCUT2D eigenvalue weighted by Crippen LogP contribution is -2.33. The smallest absolute Gasteiger partial charge is 0.269 e. The van der Waals surface area contributed by atoms with Crippen LogP contribution >= 0.6 is 0 Å². The largest absolute Gasteiger partial charge is 0.352 e. The molecule has 0 radical (unpaired) electrons. The van der Waals surface area contributed by atoms with Gasteiger partial charge in [-0.1, -0.05) is 12.1 Å². The van der Waals surface area contributed by atoms with Crippen LogP contribution in [0.25, 0.3) is 11.0 Å². The molecule has 1 heterocycles. The van der Waals surface area contributed by atoms with Crippen LogP contribution in [0.5, 0.6) is 0 Å². The van der Waals surface area contributed by atoms with Gasteiger partial charge in [0.05, 0.1) is 17.2 Å². The average Bonchev–Trinajstić information content (AvgIpc) is 3.17. The fourth-order valence-corrected chi connectivity index (χ4v) is 1.92. The quantitative estimate of drug-likeness (QED) is 0.862. The van der Waals surface area contributed by atoms with E-state index in [4.69, 9.17) is 0 Å². The highest BCUT2D eigenvalue weighted by atomic mass is 16.2. The maximum Gasteiger partial charge on any atom is 0.269 e. The van der Waals surface area contributed by atoms with Crippen molar-refractivity contribution in [3.63, 3.8) is 0 Å². The van der Waals surface area contributed by atoms with Gasteiger partial charge in [-0.15, -0.1) is 0 Å². The third kappa shape index (κ3) is 2.11. The van der Waals surface area contributed by atoms with Gasteiger partial charge in [-0.3, -0.25) is 14.2 Å². The van der Waals surface area contributed by atoms with Crippen molar-refractivity contribution >= 4 is 16.9 Å². The van der Waals surface area contributed by atoms with Gasteiger partial charge in [0, 0.05) is 6.04 Å². The molecule has 0 aliphatic heterocycles. The summed E-state index contributed by atoms with van der Waals surface area (Å²) >= 11 is 0. The van der Waals surface area contributed by atoms with Gasteiger partial charge in [-0.25, -0.2) is 4.98 Å². The summed E-state index contributed by atoms with van der Waals surface area (Å²) in [5.41, 5.74) is 1.16. The number of carbonyl (C=O) groups is 1. The van der Waals surface area contributed by atoms with E-state index in [1.165, 1.54) is 10.8 Å². The summed E-state index contributed by atoms with van der Waals surface area (Å²) in [4.78, 5) is 27.6. The number of hydrogen-bond acceptors (Lipinski definition) is 3. The Bertz CT molecular complexity index is 659. The summed E-state index contributed by atoms with van der Waals surface area (Å²) in [5.74, 6) is -0.115. The first-order chi connectivity index (χ1) is 8.74. The maximum atomic E-state index is 11.8. The van der Waals surface area contributed by atoms with Gasteiger partial charge >= 0.3 is 0 Å². The lowest BCUT2D eigenvalue weighted by Gasteiger charge is -2.09. The number of amides is 1. The Labute approximate surface area is 103 Å². The molecule has 0 bridgehead atoms. The SMILES string of the molecule is O=C(Cn1c(=O)cnc2ccccc21)NC1CC1. The minimum atomic E-state index is -0.250. The van der Waals surface area contributed by atoms with Crippen molar-refractivity contribution in [3.8, 4) is 0 Å². The molecule has 1 amide bonds. The van der Waals surface area contributed by atoms with Gasteiger partial charge in [-0.2, -0.15) is 0 Å². The Morgan fingerprint density at radius 2 is 2.17 bits per heavy atom. The zero-order chi connectivity index (χ0) is 12.5. The second-order valence-electron chi connectivity index (χ2n) is 4.51. The second kappa shape index (κ2) is 4.25. The number of aromatic nitrogens is 2. The third-order valence-corrected chi connectivity index (χ3v) is 3.00. The molecule has 1 N–H and O–H groups in total. The van der Waals surface area contributed by atoms with Crippen LogP contribution in [0, 0.1) is 0 Å². The van der Waals surface area contributed by atoms with E-state index >= 15 is 0 Å². The fraction of sp³-hybridized carbons (Fsp3) is 0.308. The molecule has 1 aromatic heterocycles. The molecular weight excluding hydrogens is 230 g/mol. The van der Waals surface area contributed by atoms with Gasteiger partial charge in [0.25, 0.3) is 5.56 Å². The second-order valence-corrected chi connectivity index (χ2v) is 4.51. The van der Waals surface area contributed by atoms with Crippen molar-refractivity contribution in [2.45, 2.75) is 25.4 Å². The Hall–Kier alpha value is -2.17. The molecule has 3 rings (SSSR count). The van der Waals surface area contributed by atoms with Gasteiger partial charge in [0.1, 0.15) is 6.54 Å². The summed E-state index contributed by atoms with van der Waals surface area (Å²) in [7, 11) is 0. The van der Waals surface area contributed by atoms with Crippen LogP contribution in [-0.2, 0) is 11.3 Å². The molecule has 5 heteroatoms. The molecule has 0 atom stereocenters. The van der Waals surface area contributed by atoms with E-state index in [-0.39, 0.29) is 18.0 Å². The molecular formula is C13H13N3O2. The first kappa shape index (κ1) is 11.0. The molecule has 1 aliphatic rings. The molecule has 2 aromatic rings. The van der Waals surface area contributed by atoms with E-state index in [1.54, 1.807) is 6.07 Å². The van der Waals surface area contributed by atoms with Crippen LogP contribution in [0.1, 0.15) is 12.8 Å². The van der Waals surface area contributed by atoms with Gasteiger partial charge in [-0.05, 0) is 25.0 Å². The van der Waals surface area contributed by atoms with E-state index in [0.29, 0.717) is 11.6 Å². The third-order valence-electron chi connectivity index (χ3n) is 3.00. The van der Waals surface area contributed by atoms with Crippen molar-refractivity contribution in [2.24, 2.45) is 0 Å². The van der Waals surface area contributed by atoms with E-state index < -0.39 is 0 Å². The summed E-state index contributed by atoms with van der Waals surface area (Å²) in [6.45, 7) is 0.0539. The molecule has 92 valence electrons. The highest BCUT2D eigenvalue weighted by Crippen LogP contribution is 2.18. The molecule has 0 saturated heterocycles. The minimum absolute atomic E-state index is 0.0539. The van der Waals surface area contributed by atoms with Crippen LogP contribution in [-0.4, -0.2) is 21.5 Å². The molecule has 1 aromatic carbocycles. The first-order valence-corrected chi connectivity index (χ1v) is 5.98. The van der Waals surface area contributed by atoms with E-state index in [0.717, 1.165) is 18.4 Å². The van der Waals surface area contributed by atoms with Crippen molar-refractivity contribution < 1.29 is 4.79 Å². The lowest BCUT2D eigenvalue weighted by atomic mass is 10.3. The summed E-state index contributed by atoms with van der Waals surface area (Å²) in [6.07, 6.45) is 3.34. The van der Waals surface area contributed by atoms with Crippen LogP contribution < -0.4 is 10.9 Å². The monoisotopic (exact) mass is 243 g/mol. The molecule has 18 heavy (non-hydrogen) atoms. The van der Waals surface area contributed by atoms with Crippen LogP contribution in [0.3, 0.4) is 0 Å². The predicted octanol–water partition coefficient (Wildman–Crippen LogP) is 0.675. The van der Waals surface area contributed by atoms with Crippen LogP contribution in [0.15, 0.2) is 35.3 Å². The minimum Gasteiger partial charge on any atom is -0.352 e. The van der Waals surface area contributed by atoms with Crippen LogP contribution in [0.2, 0.25) is 0 Å². The Kier molecular flexibility index (Phi) is 2.59. The molecule has 0 spiro atoms. The number of fused-ring (bicyclic) bond motifs is 1. The predicted molar refractivity (Wildman–Crippen MR) is 67.2 cm³/mol. The van der Waals surface area contributed by atoms with E-state index in [9.17, 15) is 9.59 Å². The van der Waals surface area contributed by atoms with Gasteiger partial charge < -0.3 is 5.32 Å². The standard InChI is InChI=1S/C13H13N3O2/c17-12(15-9-5-6-9)8-16-11-4-2-1-3-10(11)14-7-13(16)18/h1-4,7,9H,5-6,8H2,(H,15,17). The number of rotatable bonds is 3. The Morgan fingerprint density at radius 1 is 1.39 bits per heavy atom. The number of benzene rings is 1. The lowest BCUT2D eigenvalue weighted by molar-refractivity contribution is -0.121. The normalized spacial score (nSPS) is 14.7. The topological polar surface area (TPSA) is 64.0 Å². The highest BCUT2D eigenvalue weighted by molar-refractivity contribution is 5.80. The fourth-order valence-electron chi connectivity index (χ4n) is 1.92. The van der Waals surface area contributed by atoms with Crippen molar-refractivity contribution in [2.75, 3.05) is 0 Å². The number of nitrogens with zero attached hydrogens (tertiary/aromatic N) is 2. The molecule has 5 nitrogen and oxygen atoms in total. The number of hydrogen-bond donors (Lipinski definition) is 1. The van der Waals surface area contributed by atoms with Gasteiger partial charge in [0.2, 0.25) is 5.91 Å². The van der Waals surface area contributed by atoms with E-state index in [1.807, 2.05) is 18.2 Å². The van der Waals surface area contributed by atoms with Gasteiger partial charge in [0.15, 0.2) is 0 Å². The van der Waals surface area contributed by atoms with E-state index in [2.05, 4.69) is 10.3 Å². The summed E-state index contributed by atoms with van der Waals surface area (Å²) in [6, 6.07) is 7.62. The Morgan fingerprint density at radius 3 is 2.94 bits per heavy atom. The highest BCUT2D eigenvalue weighted by Gasteiger charge is 2.23. The number of nitrogens with one attached hydrogen (secondary N) is 1. The number of para-hydroxylation sites is 2. The first-order valence-electron chi connectivity index (χ1n) is 5.98. The van der Waals surface area contributed by atoms with Crippen molar-refractivity contribution in [1.82, 2.24) is 14.9 Å². The number of carbonyl (C=O) groups excluding carboxylic acids is 1. The van der Waals surface area contributed by atoms with Crippen molar-refractivity contribution in [3.05, 3.63) is 40.8 Å². The average molecular weight is 243 g/mol. The zero-order valence-electron chi connectivity index (χ0n) is 9.80. The zero-order valence-corrected chi connectivity index (χ0v) is 9.80. The van der Waals surface area contributed by atoms with Crippen molar-refractivity contribution in [1.29, 1.82) is 0 Å². The molecule has 1 saturated carbocycles. The Balaban J connectivity index is 1.96. The molecule has 0 unspecified atom stereocenters. The van der Waals surface area contributed by atoms with Crippen LogP contribution in [0.4, 0.5) is 0 Å². The molecule has 1 fully saturated rings. The molecule has 1 aliphatic carbocycles. The maximum absolute atomic E-state index is 11.8.